The van der Waals surface area contributed by atoms with Crippen LogP contribution in [0.4, 0.5) is 0 Å². The standard InChI is InChI=1S/C23H35N3O2.2ClH/c1-17-13-26(14-18(2)28-17)15-20-8-6-19(7-9-20)11-25-22(27)23-10-4-3-5-21(23)12-24-16-23;;/h6-9,17-18,21,24H,3-5,10-16H2,1-2H3,(H,25,27);2*1H/t17?,18?,21-,23+;;/m0../s1. The summed E-state index contributed by atoms with van der Waals surface area (Å²) in [7, 11) is 0. The van der Waals surface area contributed by atoms with Crippen molar-refractivity contribution >= 4 is 30.7 Å². The van der Waals surface area contributed by atoms with Gasteiger partial charge < -0.3 is 15.4 Å². The van der Waals surface area contributed by atoms with Crippen molar-refractivity contribution in [1.82, 2.24) is 15.5 Å². The van der Waals surface area contributed by atoms with Gasteiger partial charge in [-0.3, -0.25) is 9.69 Å². The molecule has 0 radical (unpaired) electrons. The molecule has 30 heavy (non-hydrogen) atoms. The molecule has 3 aliphatic rings. The van der Waals surface area contributed by atoms with Crippen LogP contribution in [-0.4, -0.2) is 49.2 Å². The van der Waals surface area contributed by atoms with Gasteiger partial charge in [-0.05, 0) is 50.3 Å². The van der Waals surface area contributed by atoms with Crippen molar-refractivity contribution in [1.29, 1.82) is 0 Å². The SMILES string of the molecule is CC1CN(Cc2ccc(CNC(=O)[C@@]34CCCC[C@H]3CNC4)cc2)CC(C)O1.Cl.Cl. The van der Waals surface area contributed by atoms with E-state index in [4.69, 9.17) is 4.74 Å². The van der Waals surface area contributed by atoms with Gasteiger partial charge in [-0.25, -0.2) is 0 Å². The van der Waals surface area contributed by atoms with Gasteiger partial charge in [0.15, 0.2) is 0 Å². The van der Waals surface area contributed by atoms with E-state index in [0.29, 0.717) is 24.7 Å². The summed E-state index contributed by atoms with van der Waals surface area (Å²) in [6, 6.07) is 8.72. The third kappa shape index (κ3) is 5.68. The lowest BCUT2D eigenvalue weighted by Gasteiger charge is -2.37. The molecule has 2 aliphatic heterocycles. The van der Waals surface area contributed by atoms with Crippen LogP contribution in [0.25, 0.3) is 0 Å². The first-order valence-corrected chi connectivity index (χ1v) is 11.0. The minimum Gasteiger partial charge on any atom is -0.373 e. The Morgan fingerprint density at radius 1 is 1.13 bits per heavy atom. The Bertz CT molecular complexity index is 678. The third-order valence-corrected chi connectivity index (χ3v) is 6.87. The lowest BCUT2D eigenvalue weighted by atomic mass is 9.67. The molecule has 7 heteroatoms. The second-order valence-electron chi connectivity index (χ2n) is 9.18. The van der Waals surface area contributed by atoms with Gasteiger partial charge >= 0.3 is 0 Å². The van der Waals surface area contributed by atoms with Crippen LogP contribution < -0.4 is 10.6 Å². The number of ether oxygens (including phenoxy) is 1. The Labute approximate surface area is 193 Å². The van der Waals surface area contributed by atoms with Crippen molar-refractivity contribution in [3.8, 4) is 0 Å². The molecule has 2 unspecified atom stereocenters. The molecule has 1 aromatic rings. The van der Waals surface area contributed by atoms with Crippen LogP contribution in [0.3, 0.4) is 0 Å². The zero-order valence-electron chi connectivity index (χ0n) is 18.2. The van der Waals surface area contributed by atoms with Gasteiger partial charge in [-0.2, -0.15) is 0 Å². The molecule has 0 spiro atoms. The Balaban J connectivity index is 0.00000160. The summed E-state index contributed by atoms with van der Waals surface area (Å²) in [5, 5.41) is 6.70. The number of nitrogens with zero attached hydrogens (tertiary/aromatic N) is 1. The summed E-state index contributed by atoms with van der Waals surface area (Å²) in [5.74, 6) is 0.768. The molecule has 2 heterocycles. The molecular formula is C23H37Cl2N3O2. The Kier molecular flexibility index (Phi) is 9.44. The van der Waals surface area contributed by atoms with Crippen molar-refractivity contribution in [3.05, 3.63) is 35.4 Å². The van der Waals surface area contributed by atoms with Gasteiger partial charge in [0.2, 0.25) is 5.91 Å². The first-order chi connectivity index (χ1) is 13.5. The maximum atomic E-state index is 13.0. The normalized spacial score (nSPS) is 31.2. The molecule has 1 aliphatic carbocycles. The Morgan fingerprint density at radius 2 is 1.80 bits per heavy atom. The van der Waals surface area contributed by atoms with E-state index in [0.717, 1.165) is 39.1 Å². The molecule has 3 fully saturated rings. The fourth-order valence-electron chi connectivity index (χ4n) is 5.48. The van der Waals surface area contributed by atoms with E-state index < -0.39 is 0 Å². The molecule has 5 nitrogen and oxygen atoms in total. The van der Waals surface area contributed by atoms with Crippen molar-refractivity contribution in [2.75, 3.05) is 26.2 Å². The predicted octanol–water partition coefficient (Wildman–Crippen LogP) is 3.54. The van der Waals surface area contributed by atoms with E-state index in [1.54, 1.807) is 0 Å². The van der Waals surface area contributed by atoms with Crippen LogP contribution in [-0.2, 0) is 22.6 Å². The lowest BCUT2D eigenvalue weighted by Crippen LogP contribution is -2.47. The molecule has 0 bridgehead atoms. The summed E-state index contributed by atoms with van der Waals surface area (Å²) in [5.41, 5.74) is 2.33. The second-order valence-corrected chi connectivity index (χ2v) is 9.18. The second kappa shape index (κ2) is 11.1. The summed E-state index contributed by atoms with van der Waals surface area (Å²) in [6.45, 7) is 9.69. The number of amides is 1. The van der Waals surface area contributed by atoms with Gasteiger partial charge in [0.25, 0.3) is 0 Å². The summed E-state index contributed by atoms with van der Waals surface area (Å²) in [6.07, 6.45) is 5.26. The Morgan fingerprint density at radius 3 is 2.50 bits per heavy atom. The minimum atomic E-state index is -0.165. The number of rotatable bonds is 5. The van der Waals surface area contributed by atoms with E-state index in [-0.39, 0.29) is 36.1 Å². The molecule has 1 aromatic carbocycles. The van der Waals surface area contributed by atoms with E-state index in [9.17, 15) is 4.79 Å². The molecule has 4 rings (SSSR count). The summed E-state index contributed by atoms with van der Waals surface area (Å²) >= 11 is 0. The maximum absolute atomic E-state index is 13.0. The number of halogens is 2. The smallest absolute Gasteiger partial charge is 0.228 e. The molecule has 4 atom stereocenters. The van der Waals surface area contributed by atoms with Crippen LogP contribution in [0, 0.1) is 11.3 Å². The molecular weight excluding hydrogens is 421 g/mol. The average Bonchev–Trinajstić information content (AvgIpc) is 3.12. The van der Waals surface area contributed by atoms with Crippen LogP contribution in [0.1, 0.15) is 50.7 Å². The van der Waals surface area contributed by atoms with Crippen LogP contribution in [0.15, 0.2) is 24.3 Å². The largest absolute Gasteiger partial charge is 0.373 e. The van der Waals surface area contributed by atoms with Crippen molar-refractivity contribution in [2.45, 2.75) is 64.8 Å². The minimum absolute atomic E-state index is 0. The van der Waals surface area contributed by atoms with Gasteiger partial charge in [0.05, 0.1) is 17.6 Å². The van der Waals surface area contributed by atoms with Crippen molar-refractivity contribution in [3.63, 3.8) is 0 Å². The molecule has 1 amide bonds. The maximum Gasteiger partial charge on any atom is 0.228 e. The van der Waals surface area contributed by atoms with Gasteiger partial charge in [0.1, 0.15) is 0 Å². The number of morpholine rings is 1. The van der Waals surface area contributed by atoms with Crippen LogP contribution >= 0.6 is 24.8 Å². The molecule has 170 valence electrons. The first-order valence-electron chi connectivity index (χ1n) is 11.0. The van der Waals surface area contributed by atoms with E-state index in [1.165, 1.54) is 30.4 Å². The monoisotopic (exact) mass is 457 g/mol. The fraction of sp³-hybridized carbons (Fsp3) is 0.696. The van der Waals surface area contributed by atoms with Crippen molar-refractivity contribution < 1.29 is 9.53 Å². The number of carbonyl (C=O) groups excluding carboxylic acids is 1. The lowest BCUT2D eigenvalue weighted by molar-refractivity contribution is -0.134. The van der Waals surface area contributed by atoms with Crippen LogP contribution in [0.2, 0.25) is 0 Å². The molecule has 1 saturated carbocycles. The van der Waals surface area contributed by atoms with Gasteiger partial charge in [-0.1, -0.05) is 37.1 Å². The van der Waals surface area contributed by atoms with Gasteiger partial charge in [-0.15, -0.1) is 24.8 Å². The summed E-state index contributed by atoms with van der Waals surface area (Å²) < 4.78 is 5.82. The van der Waals surface area contributed by atoms with Crippen molar-refractivity contribution in [2.24, 2.45) is 11.3 Å². The highest BCUT2D eigenvalue weighted by atomic mass is 35.5. The van der Waals surface area contributed by atoms with E-state index in [1.807, 2.05) is 0 Å². The predicted molar refractivity (Wildman–Crippen MR) is 125 cm³/mol. The van der Waals surface area contributed by atoms with Crippen LogP contribution in [0.5, 0.6) is 0 Å². The average molecular weight is 458 g/mol. The van der Waals surface area contributed by atoms with Gasteiger partial charge in [0, 0.05) is 32.7 Å². The zero-order valence-corrected chi connectivity index (χ0v) is 19.8. The number of hydrogen-bond donors (Lipinski definition) is 2. The highest BCUT2D eigenvalue weighted by Gasteiger charge is 2.49. The van der Waals surface area contributed by atoms with E-state index >= 15 is 0 Å². The fourth-order valence-corrected chi connectivity index (χ4v) is 5.48. The summed E-state index contributed by atoms with van der Waals surface area (Å²) in [4.78, 5) is 15.5. The number of carbonyl (C=O) groups is 1. The highest BCUT2D eigenvalue weighted by Crippen LogP contribution is 2.43. The third-order valence-electron chi connectivity index (χ3n) is 6.87. The topological polar surface area (TPSA) is 53.6 Å². The Hall–Kier alpha value is -0.850. The van der Waals surface area contributed by atoms with E-state index in [2.05, 4.69) is 53.6 Å². The molecule has 2 N–H and O–H groups in total. The number of fused-ring (bicyclic) bond motifs is 1. The quantitative estimate of drug-likeness (QED) is 0.709. The zero-order chi connectivity index (χ0) is 19.6. The molecule has 2 saturated heterocycles. The highest BCUT2D eigenvalue weighted by molar-refractivity contribution is 5.85. The first kappa shape index (κ1) is 25.4. The number of benzene rings is 1. The molecule has 0 aromatic heterocycles. The number of hydrogen-bond acceptors (Lipinski definition) is 4. The number of nitrogens with one attached hydrogen (secondary N) is 2.